The number of nitrogens with zero attached hydrogens (tertiary/aromatic N) is 4. The molecule has 1 saturated carbocycles. The molecule has 1 atom stereocenters. The quantitative estimate of drug-likeness (QED) is 0.403. The lowest BCUT2D eigenvalue weighted by molar-refractivity contribution is -0.122. The number of pyridine rings is 1. The Balaban J connectivity index is 1.26. The van der Waals surface area contributed by atoms with Crippen LogP contribution >= 0.6 is 11.6 Å². The van der Waals surface area contributed by atoms with E-state index in [0.29, 0.717) is 39.6 Å². The fraction of sp³-hybridized carbons (Fsp3) is 0.433. The molecule has 9 nitrogen and oxygen atoms in total. The van der Waals surface area contributed by atoms with Crippen molar-refractivity contribution >= 4 is 23.4 Å². The number of methoxy groups -OCH3 is 1. The molecule has 1 aromatic carbocycles. The molecule has 3 heterocycles. The van der Waals surface area contributed by atoms with Gasteiger partial charge in [-0.05, 0) is 50.2 Å². The maximum atomic E-state index is 13.2. The van der Waals surface area contributed by atoms with Crippen LogP contribution in [-0.4, -0.2) is 63.1 Å². The molecule has 0 spiro atoms. The van der Waals surface area contributed by atoms with Crippen molar-refractivity contribution in [3.05, 3.63) is 76.0 Å². The number of aliphatic hydroxyl groups is 1. The lowest BCUT2D eigenvalue weighted by Crippen LogP contribution is -2.40. The number of carbonyl (C=O) groups excluding carboxylic acids is 2. The second-order valence-electron chi connectivity index (χ2n) is 10.7. The molecule has 2 aromatic heterocycles. The van der Waals surface area contributed by atoms with Crippen molar-refractivity contribution in [3.63, 3.8) is 0 Å². The molecule has 0 bridgehead atoms. The van der Waals surface area contributed by atoms with Gasteiger partial charge in [0.2, 0.25) is 5.91 Å². The summed E-state index contributed by atoms with van der Waals surface area (Å²) in [5.74, 6) is 0.578. The molecular weight excluding hydrogens is 530 g/mol. The zero-order valence-corrected chi connectivity index (χ0v) is 23.5. The SMILES string of the molecule is COC1CCC(Cc2ncc(Cl)c(-c3cnc4c(c3)C(=O)N(CC(=O)N[C@H](CO)c3cccc(C)c3)C4)n2)CC1. The first-order valence-electron chi connectivity index (χ1n) is 13.6. The van der Waals surface area contributed by atoms with Crippen LogP contribution in [0, 0.1) is 12.8 Å². The Kier molecular flexibility index (Phi) is 8.73. The molecule has 210 valence electrons. The third-order valence-corrected chi connectivity index (χ3v) is 8.07. The summed E-state index contributed by atoms with van der Waals surface area (Å²) in [6, 6.07) is 8.79. The normalized spacial score (nSPS) is 19.4. The molecule has 40 heavy (non-hydrogen) atoms. The van der Waals surface area contributed by atoms with Crippen LogP contribution in [-0.2, 0) is 22.5 Å². The molecule has 2 N–H and O–H groups in total. The zero-order valence-electron chi connectivity index (χ0n) is 22.8. The van der Waals surface area contributed by atoms with E-state index >= 15 is 0 Å². The van der Waals surface area contributed by atoms with Gasteiger partial charge >= 0.3 is 0 Å². The second kappa shape index (κ2) is 12.4. The Labute approximate surface area is 239 Å². The van der Waals surface area contributed by atoms with Gasteiger partial charge in [0.1, 0.15) is 12.4 Å². The van der Waals surface area contributed by atoms with Crippen LogP contribution in [0.3, 0.4) is 0 Å². The summed E-state index contributed by atoms with van der Waals surface area (Å²) in [5, 5.41) is 13.1. The standard InChI is InChI=1S/C30H34ClN5O4/c1-18-4-3-5-20(10-18)26(17-37)34-28(38)16-36-15-25-23(30(36)39)12-21(13-32-25)29-24(31)14-33-27(35-29)11-19-6-8-22(40-2)9-7-19/h3-5,10,12-14,19,22,26,37H,6-9,11,15-17H2,1-2H3,(H,34,38)/t19?,22?,26-/m1/s1. The van der Waals surface area contributed by atoms with Gasteiger partial charge in [0.25, 0.3) is 5.91 Å². The fourth-order valence-corrected chi connectivity index (χ4v) is 5.75. The number of rotatable bonds is 9. The Morgan fingerprint density at radius 3 is 2.73 bits per heavy atom. The lowest BCUT2D eigenvalue weighted by Gasteiger charge is -2.27. The largest absolute Gasteiger partial charge is 0.394 e. The monoisotopic (exact) mass is 563 g/mol. The highest BCUT2D eigenvalue weighted by atomic mass is 35.5. The average Bonchev–Trinajstić information content (AvgIpc) is 3.27. The molecule has 5 rings (SSSR count). The van der Waals surface area contributed by atoms with Gasteiger partial charge in [0, 0.05) is 31.5 Å². The maximum absolute atomic E-state index is 13.2. The summed E-state index contributed by atoms with van der Waals surface area (Å²) in [6.07, 6.45) is 8.60. The minimum Gasteiger partial charge on any atom is -0.394 e. The smallest absolute Gasteiger partial charge is 0.256 e. The number of aryl methyl sites for hydroxylation is 1. The number of halogens is 1. The number of aromatic nitrogens is 3. The van der Waals surface area contributed by atoms with Crippen molar-refractivity contribution in [2.75, 3.05) is 20.3 Å². The summed E-state index contributed by atoms with van der Waals surface area (Å²) in [4.78, 5) is 41.2. The van der Waals surface area contributed by atoms with Gasteiger partial charge < -0.3 is 20.1 Å². The van der Waals surface area contributed by atoms with E-state index in [1.54, 1.807) is 25.6 Å². The number of hydrogen-bond acceptors (Lipinski definition) is 7. The zero-order chi connectivity index (χ0) is 28.2. The minimum atomic E-state index is -0.554. The maximum Gasteiger partial charge on any atom is 0.256 e. The molecule has 10 heteroatoms. The highest BCUT2D eigenvalue weighted by molar-refractivity contribution is 6.32. The third-order valence-electron chi connectivity index (χ3n) is 7.79. The molecule has 3 aromatic rings. The molecule has 1 aliphatic carbocycles. The van der Waals surface area contributed by atoms with Crippen LogP contribution in [0.1, 0.15) is 64.7 Å². The number of benzene rings is 1. The first-order chi connectivity index (χ1) is 19.3. The third kappa shape index (κ3) is 6.32. The van der Waals surface area contributed by atoms with E-state index in [0.717, 1.165) is 49.1 Å². The highest BCUT2D eigenvalue weighted by Gasteiger charge is 2.31. The Hall–Kier alpha value is -3.40. The molecule has 1 fully saturated rings. The molecular formula is C30H34ClN5O4. The molecule has 2 amide bonds. The van der Waals surface area contributed by atoms with Crippen molar-refractivity contribution in [1.29, 1.82) is 0 Å². The molecule has 2 aliphatic rings. The van der Waals surface area contributed by atoms with E-state index in [1.165, 1.54) is 4.90 Å². The van der Waals surface area contributed by atoms with Crippen molar-refractivity contribution in [1.82, 2.24) is 25.2 Å². The molecule has 0 saturated heterocycles. The number of ether oxygens (including phenoxy) is 1. The van der Waals surface area contributed by atoms with Crippen LogP contribution in [0.5, 0.6) is 0 Å². The Morgan fingerprint density at radius 2 is 2.00 bits per heavy atom. The van der Waals surface area contributed by atoms with Gasteiger partial charge in [-0.15, -0.1) is 0 Å². The first kappa shape index (κ1) is 28.1. The summed E-state index contributed by atoms with van der Waals surface area (Å²) >= 11 is 6.48. The van der Waals surface area contributed by atoms with Crippen LogP contribution in [0.15, 0.2) is 42.7 Å². The Morgan fingerprint density at radius 1 is 1.20 bits per heavy atom. The van der Waals surface area contributed by atoms with E-state index in [1.807, 2.05) is 31.2 Å². The summed E-state index contributed by atoms with van der Waals surface area (Å²) in [7, 11) is 1.77. The number of nitrogens with one attached hydrogen (secondary N) is 1. The summed E-state index contributed by atoms with van der Waals surface area (Å²) in [6.45, 7) is 1.79. The number of aliphatic hydroxyl groups excluding tert-OH is 1. The molecule has 1 aliphatic heterocycles. The van der Waals surface area contributed by atoms with Crippen LogP contribution in [0.25, 0.3) is 11.3 Å². The number of fused-ring (bicyclic) bond motifs is 1. The van der Waals surface area contributed by atoms with E-state index in [9.17, 15) is 14.7 Å². The number of carbonyl (C=O) groups is 2. The Bertz CT molecular complexity index is 1390. The predicted octanol–water partition coefficient (Wildman–Crippen LogP) is 4.05. The van der Waals surface area contributed by atoms with E-state index in [-0.39, 0.29) is 31.5 Å². The number of hydrogen-bond donors (Lipinski definition) is 2. The van der Waals surface area contributed by atoms with Gasteiger partial charge in [-0.1, -0.05) is 41.4 Å². The molecule has 0 radical (unpaired) electrons. The van der Waals surface area contributed by atoms with Crippen molar-refractivity contribution < 1.29 is 19.4 Å². The fourth-order valence-electron chi connectivity index (χ4n) is 5.55. The number of amides is 2. The van der Waals surface area contributed by atoms with E-state index < -0.39 is 6.04 Å². The van der Waals surface area contributed by atoms with Gasteiger partial charge in [-0.25, -0.2) is 9.97 Å². The first-order valence-corrected chi connectivity index (χ1v) is 14.0. The van der Waals surface area contributed by atoms with E-state index in [2.05, 4.69) is 15.3 Å². The lowest BCUT2D eigenvalue weighted by atomic mass is 9.85. The van der Waals surface area contributed by atoms with Gasteiger partial charge in [-0.2, -0.15) is 0 Å². The van der Waals surface area contributed by atoms with E-state index in [4.69, 9.17) is 21.3 Å². The topological polar surface area (TPSA) is 118 Å². The van der Waals surface area contributed by atoms with Gasteiger partial charge in [0.15, 0.2) is 0 Å². The van der Waals surface area contributed by atoms with Crippen molar-refractivity contribution in [3.8, 4) is 11.3 Å². The average molecular weight is 564 g/mol. The summed E-state index contributed by atoms with van der Waals surface area (Å²) < 4.78 is 5.48. The predicted molar refractivity (Wildman–Crippen MR) is 151 cm³/mol. The van der Waals surface area contributed by atoms with Gasteiger partial charge in [-0.3, -0.25) is 14.6 Å². The summed E-state index contributed by atoms with van der Waals surface area (Å²) in [5.41, 5.74) is 4.04. The van der Waals surface area contributed by atoms with Crippen molar-refractivity contribution in [2.45, 2.75) is 57.7 Å². The van der Waals surface area contributed by atoms with Crippen LogP contribution in [0.4, 0.5) is 0 Å². The van der Waals surface area contributed by atoms with Gasteiger partial charge in [0.05, 0.1) is 47.3 Å². The van der Waals surface area contributed by atoms with Crippen LogP contribution < -0.4 is 5.32 Å². The highest BCUT2D eigenvalue weighted by Crippen LogP contribution is 2.32. The minimum absolute atomic E-state index is 0.142. The van der Waals surface area contributed by atoms with Crippen molar-refractivity contribution in [2.24, 2.45) is 5.92 Å². The second-order valence-corrected chi connectivity index (χ2v) is 11.1. The van der Waals surface area contributed by atoms with Crippen LogP contribution in [0.2, 0.25) is 5.02 Å². The molecule has 0 unspecified atom stereocenters.